The fraction of sp³-hybridized carbons (Fsp3) is 0.385. The second-order valence-electron chi connectivity index (χ2n) is 4.16. The van der Waals surface area contributed by atoms with Gasteiger partial charge in [0.05, 0.1) is 12.8 Å². The number of hydrogen-bond acceptors (Lipinski definition) is 3. The van der Waals surface area contributed by atoms with Gasteiger partial charge in [-0.05, 0) is 37.2 Å². The van der Waals surface area contributed by atoms with Crippen LogP contribution in [0.15, 0.2) is 34.6 Å². The van der Waals surface area contributed by atoms with E-state index in [2.05, 4.69) is 12.2 Å². The summed E-state index contributed by atoms with van der Waals surface area (Å²) in [5.74, 6) is 0.648. The van der Waals surface area contributed by atoms with Crippen molar-refractivity contribution < 1.29 is 9.21 Å². The molecule has 1 aliphatic heterocycles. The van der Waals surface area contributed by atoms with Crippen molar-refractivity contribution in [2.75, 3.05) is 0 Å². The largest absolute Gasteiger partial charge is 0.467 e. The Bertz CT molecular complexity index is 465. The SMILES string of the molecule is CCCC/C=C1/NC(=S)N(Cc2ccco2)C1=O. The highest BCUT2D eigenvalue weighted by Crippen LogP contribution is 2.15. The highest BCUT2D eigenvalue weighted by Gasteiger charge is 2.30. The topological polar surface area (TPSA) is 45.5 Å². The second kappa shape index (κ2) is 5.82. The first-order valence-corrected chi connectivity index (χ1v) is 6.48. The molecular formula is C13H16N2O2S. The summed E-state index contributed by atoms with van der Waals surface area (Å²) in [7, 11) is 0. The maximum atomic E-state index is 12.1. The molecule has 1 aromatic heterocycles. The van der Waals surface area contributed by atoms with E-state index in [9.17, 15) is 4.79 Å². The highest BCUT2D eigenvalue weighted by atomic mass is 32.1. The molecule has 18 heavy (non-hydrogen) atoms. The number of hydrogen-bond donors (Lipinski definition) is 1. The van der Waals surface area contributed by atoms with Gasteiger partial charge in [0, 0.05) is 0 Å². The first-order chi connectivity index (χ1) is 8.72. The molecule has 1 aromatic rings. The average molecular weight is 264 g/mol. The first kappa shape index (κ1) is 12.8. The average Bonchev–Trinajstić information content (AvgIpc) is 2.94. The summed E-state index contributed by atoms with van der Waals surface area (Å²) in [5, 5.41) is 3.40. The van der Waals surface area contributed by atoms with E-state index in [-0.39, 0.29) is 5.91 Å². The van der Waals surface area contributed by atoms with Crippen molar-refractivity contribution >= 4 is 23.2 Å². The van der Waals surface area contributed by atoms with Crippen LogP contribution in [0.5, 0.6) is 0 Å². The second-order valence-corrected chi connectivity index (χ2v) is 4.55. The number of rotatable bonds is 5. The number of unbranched alkanes of at least 4 members (excludes halogenated alkanes) is 2. The van der Waals surface area contributed by atoms with Gasteiger partial charge in [0.1, 0.15) is 11.5 Å². The summed E-state index contributed by atoms with van der Waals surface area (Å²) in [6.07, 6.45) is 6.58. The van der Waals surface area contributed by atoms with Gasteiger partial charge in [-0.2, -0.15) is 0 Å². The molecule has 1 aliphatic rings. The van der Waals surface area contributed by atoms with Crippen LogP contribution >= 0.6 is 12.2 Å². The molecule has 2 heterocycles. The molecule has 0 saturated carbocycles. The maximum absolute atomic E-state index is 12.1. The summed E-state index contributed by atoms with van der Waals surface area (Å²) < 4.78 is 5.23. The van der Waals surface area contributed by atoms with Crippen LogP contribution in [0.4, 0.5) is 0 Å². The zero-order chi connectivity index (χ0) is 13.0. The lowest BCUT2D eigenvalue weighted by molar-refractivity contribution is -0.123. The van der Waals surface area contributed by atoms with Crippen LogP contribution in [-0.2, 0) is 11.3 Å². The summed E-state index contributed by atoms with van der Waals surface area (Å²) in [6, 6.07) is 3.62. The third-order valence-corrected chi connectivity index (χ3v) is 3.08. The third-order valence-electron chi connectivity index (χ3n) is 2.76. The first-order valence-electron chi connectivity index (χ1n) is 6.07. The van der Waals surface area contributed by atoms with Gasteiger partial charge in [0.25, 0.3) is 5.91 Å². The molecule has 1 amide bonds. The predicted octanol–water partition coefficient (Wildman–Crippen LogP) is 2.57. The van der Waals surface area contributed by atoms with Gasteiger partial charge >= 0.3 is 0 Å². The normalized spacial score (nSPS) is 17.6. The number of carbonyl (C=O) groups excluding carboxylic acids is 1. The molecule has 0 aliphatic carbocycles. The predicted molar refractivity (Wildman–Crippen MR) is 72.6 cm³/mol. The van der Waals surface area contributed by atoms with Gasteiger partial charge in [-0.1, -0.05) is 19.4 Å². The van der Waals surface area contributed by atoms with Gasteiger partial charge in [0.15, 0.2) is 5.11 Å². The summed E-state index contributed by atoms with van der Waals surface area (Å²) in [5.41, 5.74) is 0.583. The third kappa shape index (κ3) is 2.79. The van der Waals surface area contributed by atoms with Gasteiger partial charge in [-0.3, -0.25) is 9.69 Å². The lowest BCUT2D eigenvalue weighted by Crippen LogP contribution is -2.29. The number of thiocarbonyl (C=S) groups is 1. The fourth-order valence-electron chi connectivity index (χ4n) is 1.76. The Labute approximate surface area is 112 Å². The van der Waals surface area contributed by atoms with Crippen LogP contribution in [0, 0.1) is 0 Å². The highest BCUT2D eigenvalue weighted by molar-refractivity contribution is 7.80. The summed E-state index contributed by atoms with van der Waals surface area (Å²) >= 11 is 5.16. The van der Waals surface area contributed by atoms with Crippen LogP contribution in [0.1, 0.15) is 31.9 Å². The molecule has 1 N–H and O–H groups in total. The lowest BCUT2D eigenvalue weighted by atomic mass is 10.2. The van der Waals surface area contributed by atoms with E-state index < -0.39 is 0 Å². The molecule has 2 rings (SSSR count). The number of amides is 1. The molecular weight excluding hydrogens is 248 g/mol. The minimum absolute atomic E-state index is 0.0764. The molecule has 96 valence electrons. The van der Waals surface area contributed by atoms with E-state index in [0.717, 1.165) is 25.0 Å². The Hall–Kier alpha value is -1.62. The minimum Gasteiger partial charge on any atom is -0.467 e. The van der Waals surface area contributed by atoms with Crippen molar-refractivity contribution in [2.24, 2.45) is 0 Å². The molecule has 0 radical (unpaired) electrons. The molecule has 1 fully saturated rings. The van der Waals surface area contributed by atoms with Crippen molar-refractivity contribution in [3.8, 4) is 0 Å². The number of nitrogens with zero attached hydrogens (tertiary/aromatic N) is 1. The molecule has 0 unspecified atom stereocenters. The van der Waals surface area contributed by atoms with Crippen LogP contribution in [0.25, 0.3) is 0 Å². The van der Waals surface area contributed by atoms with Crippen molar-refractivity contribution in [3.63, 3.8) is 0 Å². The Morgan fingerprint density at radius 3 is 3.06 bits per heavy atom. The van der Waals surface area contributed by atoms with Crippen LogP contribution in [-0.4, -0.2) is 15.9 Å². The zero-order valence-electron chi connectivity index (χ0n) is 10.3. The van der Waals surface area contributed by atoms with E-state index in [0.29, 0.717) is 17.4 Å². The maximum Gasteiger partial charge on any atom is 0.276 e. The smallest absolute Gasteiger partial charge is 0.276 e. The molecule has 1 saturated heterocycles. The number of furan rings is 1. The Kier molecular flexibility index (Phi) is 4.15. The van der Waals surface area contributed by atoms with E-state index >= 15 is 0 Å². The molecule has 0 spiro atoms. The Morgan fingerprint density at radius 2 is 2.39 bits per heavy atom. The van der Waals surface area contributed by atoms with Crippen LogP contribution in [0.2, 0.25) is 0 Å². The fourth-order valence-corrected chi connectivity index (χ4v) is 2.02. The van der Waals surface area contributed by atoms with E-state index in [1.54, 1.807) is 12.3 Å². The van der Waals surface area contributed by atoms with Gasteiger partial charge in [0.2, 0.25) is 0 Å². The van der Waals surface area contributed by atoms with Gasteiger partial charge in [-0.15, -0.1) is 0 Å². The Balaban J connectivity index is 2.03. The van der Waals surface area contributed by atoms with E-state index in [4.69, 9.17) is 16.6 Å². The quantitative estimate of drug-likeness (QED) is 0.504. The number of allylic oxidation sites excluding steroid dienone is 1. The number of carbonyl (C=O) groups is 1. The van der Waals surface area contributed by atoms with Crippen molar-refractivity contribution in [1.82, 2.24) is 10.2 Å². The molecule has 0 bridgehead atoms. The molecule has 4 nitrogen and oxygen atoms in total. The molecule has 5 heteroatoms. The van der Waals surface area contributed by atoms with Crippen molar-refractivity contribution in [3.05, 3.63) is 35.9 Å². The van der Waals surface area contributed by atoms with Crippen molar-refractivity contribution in [1.29, 1.82) is 0 Å². The summed E-state index contributed by atoms with van der Waals surface area (Å²) in [6.45, 7) is 2.50. The van der Waals surface area contributed by atoms with E-state index in [1.165, 1.54) is 4.90 Å². The van der Waals surface area contributed by atoms with Gasteiger partial charge in [-0.25, -0.2) is 0 Å². The zero-order valence-corrected chi connectivity index (χ0v) is 11.1. The van der Waals surface area contributed by atoms with Crippen molar-refractivity contribution in [2.45, 2.75) is 32.7 Å². The van der Waals surface area contributed by atoms with E-state index in [1.807, 2.05) is 12.1 Å². The molecule has 0 atom stereocenters. The van der Waals surface area contributed by atoms with Crippen LogP contribution < -0.4 is 5.32 Å². The standard InChI is InChI=1S/C13H16N2O2S/c1-2-3-4-7-11-12(16)15(13(18)14-11)9-10-6-5-8-17-10/h5-8H,2-4,9H2,1H3,(H,14,18)/b11-7+. The van der Waals surface area contributed by atoms with Crippen LogP contribution in [0.3, 0.4) is 0 Å². The minimum atomic E-state index is -0.0764. The Morgan fingerprint density at radius 1 is 1.56 bits per heavy atom. The molecule has 0 aromatic carbocycles. The van der Waals surface area contributed by atoms with Gasteiger partial charge < -0.3 is 9.73 Å². The monoisotopic (exact) mass is 264 g/mol. The number of nitrogens with one attached hydrogen (secondary N) is 1. The lowest BCUT2D eigenvalue weighted by Gasteiger charge is -2.11. The summed E-state index contributed by atoms with van der Waals surface area (Å²) in [4.78, 5) is 13.6.